The van der Waals surface area contributed by atoms with Crippen molar-refractivity contribution < 1.29 is 4.74 Å². The van der Waals surface area contributed by atoms with Gasteiger partial charge in [0, 0.05) is 6.04 Å². The molecule has 2 N–H and O–H groups in total. The molecule has 2 aliphatic rings. The van der Waals surface area contributed by atoms with Gasteiger partial charge in [-0.3, -0.25) is 0 Å². The van der Waals surface area contributed by atoms with Crippen LogP contribution in [0.4, 0.5) is 0 Å². The minimum Gasteiger partial charge on any atom is -0.490 e. The van der Waals surface area contributed by atoms with E-state index in [0.717, 1.165) is 18.1 Å². The van der Waals surface area contributed by atoms with Gasteiger partial charge in [-0.15, -0.1) is 0 Å². The first-order valence-electron chi connectivity index (χ1n) is 8.33. The minimum absolute atomic E-state index is 0.204. The maximum atomic E-state index is 6.32. The monoisotopic (exact) mass is 273 g/mol. The van der Waals surface area contributed by atoms with E-state index in [4.69, 9.17) is 10.5 Å². The Morgan fingerprint density at radius 1 is 1.15 bits per heavy atom. The summed E-state index contributed by atoms with van der Waals surface area (Å²) in [7, 11) is 0. The summed E-state index contributed by atoms with van der Waals surface area (Å²) < 4.78 is 6.32. The van der Waals surface area contributed by atoms with Crippen LogP contribution in [-0.4, -0.2) is 6.10 Å². The van der Waals surface area contributed by atoms with Crippen molar-refractivity contribution in [2.75, 3.05) is 0 Å². The van der Waals surface area contributed by atoms with Crippen molar-refractivity contribution in [1.82, 2.24) is 0 Å². The van der Waals surface area contributed by atoms with Crippen LogP contribution >= 0.6 is 0 Å². The molecule has 2 aliphatic carbocycles. The van der Waals surface area contributed by atoms with Gasteiger partial charge in [-0.1, -0.05) is 19.4 Å². The topological polar surface area (TPSA) is 35.2 Å². The van der Waals surface area contributed by atoms with E-state index in [1.54, 1.807) is 0 Å². The average molecular weight is 273 g/mol. The van der Waals surface area contributed by atoms with E-state index in [-0.39, 0.29) is 6.04 Å². The van der Waals surface area contributed by atoms with Crippen LogP contribution in [0, 0.1) is 5.92 Å². The highest BCUT2D eigenvalue weighted by Gasteiger charge is 2.26. The molecule has 20 heavy (non-hydrogen) atoms. The standard InChI is InChI=1S/C18H27NO/c1-2-13-6-3-4-9-18(13)20-15-11-10-14-7-5-8-17(19)16(14)12-15/h10-13,17-18H,2-9,19H2,1H3. The molecule has 1 aromatic rings. The summed E-state index contributed by atoms with van der Waals surface area (Å²) in [5.74, 6) is 1.76. The zero-order valence-corrected chi connectivity index (χ0v) is 12.6. The van der Waals surface area contributed by atoms with Crippen molar-refractivity contribution in [3.05, 3.63) is 29.3 Å². The van der Waals surface area contributed by atoms with Crippen molar-refractivity contribution in [2.45, 2.75) is 70.4 Å². The Bertz CT molecular complexity index is 457. The lowest BCUT2D eigenvalue weighted by molar-refractivity contribution is 0.0902. The third-order valence-electron chi connectivity index (χ3n) is 5.13. The van der Waals surface area contributed by atoms with Crippen LogP contribution in [0.2, 0.25) is 0 Å². The highest BCUT2D eigenvalue weighted by atomic mass is 16.5. The van der Waals surface area contributed by atoms with Crippen molar-refractivity contribution in [3.8, 4) is 5.75 Å². The van der Waals surface area contributed by atoms with E-state index in [0.29, 0.717) is 6.10 Å². The van der Waals surface area contributed by atoms with Gasteiger partial charge in [-0.2, -0.15) is 0 Å². The molecule has 3 unspecified atom stereocenters. The molecule has 0 aromatic heterocycles. The van der Waals surface area contributed by atoms with Crippen LogP contribution in [0.15, 0.2) is 18.2 Å². The zero-order valence-electron chi connectivity index (χ0n) is 12.6. The average Bonchev–Trinajstić information content (AvgIpc) is 2.49. The molecule has 3 atom stereocenters. The first-order valence-corrected chi connectivity index (χ1v) is 8.33. The van der Waals surface area contributed by atoms with Gasteiger partial charge in [0.15, 0.2) is 0 Å². The van der Waals surface area contributed by atoms with Gasteiger partial charge in [-0.25, -0.2) is 0 Å². The molecular weight excluding hydrogens is 246 g/mol. The van der Waals surface area contributed by atoms with Gasteiger partial charge in [0.05, 0.1) is 0 Å². The first-order chi connectivity index (χ1) is 9.78. The van der Waals surface area contributed by atoms with Crippen molar-refractivity contribution in [3.63, 3.8) is 0 Å². The maximum absolute atomic E-state index is 6.32. The smallest absolute Gasteiger partial charge is 0.120 e. The Labute approximate surface area is 122 Å². The van der Waals surface area contributed by atoms with E-state index in [1.807, 2.05) is 0 Å². The van der Waals surface area contributed by atoms with Gasteiger partial charge in [0.1, 0.15) is 11.9 Å². The molecule has 2 nitrogen and oxygen atoms in total. The lowest BCUT2D eigenvalue weighted by Crippen LogP contribution is -2.30. The number of ether oxygens (including phenoxy) is 1. The Balaban J connectivity index is 1.75. The molecule has 0 aliphatic heterocycles. The highest BCUT2D eigenvalue weighted by Crippen LogP contribution is 2.34. The first kappa shape index (κ1) is 13.9. The summed E-state index contributed by atoms with van der Waals surface area (Å²) >= 11 is 0. The fourth-order valence-electron chi connectivity index (χ4n) is 3.86. The molecular formula is C18H27NO. The molecule has 1 fully saturated rings. The molecule has 2 heteroatoms. The van der Waals surface area contributed by atoms with Gasteiger partial charge in [0.25, 0.3) is 0 Å². The third-order valence-corrected chi connectivity index (χ3v) is 5.13. The molecule has 0 bridgehead atoms. The fourth-order valence-corrected chi connectivity index (χ4v) is 3.86. The predicted molar refractivity (Wildman–Crippen MR) is 83.0 cm³/mol. The van der Waals surface area contributed by atoms with Gasteiger partial charge in [-0.05, 0) is 74.1 Å². The Morgan fingerprint density at radius 2 is 2.00 bits per heavy atom. The number of hydrogen-bond donors (Lipinski definition) is 1. The molecule has 110 valence electrons. The SMILES string of the molecule is CCC1CCCCC1Oc1ccc2c(c1)C(N)CCC2. The van der Waals surface area contributed by atoms with E-state index in [2.05, 4.69) is 25.1 Å². The van der Waals surface area contributed by atoms with Crippen LogP contribution in [0.3, 0.4) is 0 Å². The van der Waals surface area contributed by atoms with E-state index >= 15 is 0 Å². The van der Waals surface area contributed by atoms with Crippen LogP contribution in [0.5, 0.6) is 5.75 Å². The number of fused-ring (bicyclic) bond motifs is 1. The Morgan fingerprint density at radius 3 is 2.85 bits per heavy atom. The number of aryl methyl sites for hydroxylation is 1. The van der Waals surface area contributed by atoms with Crippen molar-refractivity contribution >= 4 is 0 Å². The summed E-state index contributed by atoms with van der Waals surface area (Å²) in [6.07, 6.45) is 10.4. The molecule has 0 spiro atoms. The molecule has 1 saturated carbocycles. The van der Waals surface area contributed by atoms with Crippen LogP contribution < -0.4 is 10.5 Å². The molecule has 0 heterocycles. The lowest BCUT2D eigenvalue weighted by atomic mass is 9.84. The molecule has 3 rings (SSSR count). The van der Waals surface area contributed by atoms with Gasteiger partial charge < -0.3 is 10.5 Å². The Hall–Kier alpha value is -1.02. The number of rotatable bonds is 3. The fraction of sp³-hybridized carbons (Fsp3) is 0.667. The van der Waals surface area contributed by atoms with E-state index in [9.17, 15) is 0 Å². The molecule has 0 radical (unpaired) electrons. The minimum atomic E-state index is 0.204. The Kier molecular flexibility index (Phi) is 4.30. The molecule has 0 saturated heterocycles. The zero-order chi connectivity index (χ0) is 13.9. The second kappa shape index (κ2) is 6.17. The number of benzene rings is 1. The normalized spacial score (nSPS) is 29.8. The second-order valence-corrected chi connectivity index (χ2v) is 6.47. The number of nitrogens with two attached hydrogens (primary N) is 1. The number of hydrogen-bond acceptors (Lipinski definition) is 2. The lowest BCUT2D eigenvalue weighted by Gasteiger charge is -2.32. The third kappa shape index (κ3) is 2.85. The largest absolute Gasteiger partial charge is 0.490 e. The molecule has 0 amide bonds. The van der Waals surface area contributed by atoms with E-state index < -0.39 is 0 Å². The van der Waals surface area contributed by atoms with Crippen LogP contribution in [-0.2, 0) is 6.42 Å². The summed E-state index contributed by atoms with van der Waals surface area (Å²) in [4.78, 5) is 0. The van der Waals surface area contributed by atoms with E-state index in [1.165, 1.54) is 56.1 Å². The highest BCUT2D eigenvalue weighted by molar-refractivity contribution is 5.39. The second-order valence-electron chi connectivity index (χ2n) is 6.47. The van der Waals surface area contributed by atoms with Crippen molar-refractivity contribution in [2.24, 2.45) is 11.7 Å². The summed E-state index contributed by atoms with van der Waals surface area (Å²) in [5.41, 5.74) is 8.99. The maximum Gasteiger partial charge on any atom is 0.120 e. The van der Waals surface area contributed by atoms with Gasteiger partial charge in [0.2, 0.25) is 0 Å². The summed E-state index contributed by atoms with van der Waals surface area (Å²) in [6, 6.07) is 6.79. The predicted octanol–water partition coefficient (Wildman–Crippen LogP) is 4.37. The van der Waals surface area contributed by atoms with Crippen LogP contribution in [0.25, 0.3) is 0 Å². The quantitative estimate of drug-likeness (QED) is 0.887. The summed E-state index contributed by atoms with van der Waals surface area (Å²) in [5, 5.41) is 0. The van der Waals surface area contributed by atoms with Crippen LogP contribution in [0.1, 0.15) is 69.0 Å². The molecule has 1 aromatic carbocycles. The van der Waals surface area contributed by atoms with Crippen molar-refractivity contribution in [1.29, 1.82) is 0 Å². The van der Waals surface area contributed by atoms with Gasteiger partial charge >= 0.3 is 0 Å². The summed E-state index contributed by atoms with van der Waals surface area (Å²) in [6.45, 7) is 2.29.